The first-order valence-electron chi connectivity index (χ1n) is 8.33. The van der Waals surface area contributed by atoms with E-state index in [-0.39, 0.29) is 0 Å². The van der Waals surface area contributed by atoms with Crippen molar-refractivity contribution in [1.29, 1.82) is 0 Å². The molecule has 5 heteroatoms. The molecular weight excluding hydrogens is 358 g/mol. The molecule has 0 bridgehead atoms. The first-order chi connectivity index (χ1) is 12.8. The van der Waals surface area contributed by atoms with Crippen LogP contribution in [0.4, 0.5) is 11.4 Å². The highest BCUT2D eigenvalue weighted by atomic mass is 32.2. The summed E-state index contributed by atoms with van der Waals surface area (Å²) in [7, 11) is 0. The Kier molecular flexibility index (Phi) is 3.76. The van der Waals surface area contributed by atoms with E-state index in [0.29, 0.717) is 0 Å². The fraction of sp³-hybridized carbons (Fsp3) is 0.0476. The van der Waals surface area contributed by atoms with Crippen LogP contribution < -0.4 is 5.32 Å². The molecule has 3 nitrogen and oxygen atoms in total. The lowest BCUT2D eigenvalue weighted by atomic mass is 9.96. The lowest BCUT2D eigenvalue weighted by molar-refractivity contribution is 1.20. The van der Waals surface area contributed by atoms with Gasteiger partial charge in [0.25, 0.3) is 0 Å². The van der Waals surface area contributed by atoms with Crippen LogP contribution >= 0.6 is 23.1 Å². The molecule has 2 aromatic heterocycles. The van der Waals surface area contributed by atoms with Crippen LogP contribution in [-0.2, 0) is 0 Å². The molecule has 1 N–H and O–H groups in total. The first kappa shape index (κ1) is 15.6. The van der Waals surface area contributed by atoms with E-state index >= 15 is 0 Å². The van der Waals surface area contributed by atoms with Crippen LogP contribution in [0.25, 0.3) is 22.4 Å². The van der Waals surface area contributed by atoms with Crippen LogP contribution in [0.5, 0.6) is 0 Å². The molecule has 0 atom stereocenters. The maximum atomic E-state index is 4.60. The molecule has 0 saturated carbocycles. The molecule has 3 heterocycles. The number of para-hydroxylation sites is 1. The molecule has 26 heavy (non-hydrogen) atoms. The number of fused-ring (bicyclic) bond motifs is 2. The third kappa shape index (κ3) is 2.52. The molecular formula is C21H15N3S2. The summed E-state index contributed by atoms with van der Waals surface area (Å²) in [5, 5.41) is 5.79. The van der Waals surface area contributed by atoms with Crippen LogP contribution in [0.15, 0.2) is 76.2 Å². The van der Waals surface area contributed by atoms with Gasteiger partial charge in [-0.15, -0.1) is 11.3 Å². The van der Waals surface area contributed by atoms with Crippen molar-refractivity contribution in [3.05, 3.63) is 71.3 Å². The third-order valence-electron chi connectivity index (χ3n) is 4.50. The number of hydrogen-bond donors (Lipinski definition) is 1. The molecule has 0 radical (unpaired) electrons. The van der Waals surface area contributed by atoms with Gasteiger partial charge in [-0.05, 0) is 47.7 Å². The van der Waals surface area contributed by atoms with Crippen molar-refractivity contribution in [2.75, 3.05) is 5.32 Å². The van der Waals surface area contributed by atoms with E-state index in [2.05, 4.69) is 70.1 Å². The lowest BCUT2D eigenvalue weighted by Crippen LogP contribution is -2.03. The molecule has 1 aliphatic rings. The Morgan fingerprint density at radius 2 is 1.85 bits per heavy atom. The van der Waals surface area contributed by atoms with Gasteiger partial charge < -0.3 is 5.32 Å². The second kappa shape index (κ2) is 6.27. The molecule has 126 valence electrons. The number of aryl methyl sites for hydroxylation is 1. The van der Waals surface area contributed by atoms with Gasteiger partial charge >= 0.3 is 0 Å². The Bertz CT molecular complexity index is 1100. The average molecular weight is 374 g/mol. The van der Waals surface area contributed by atoms with Crippen LogP contribution in [-0.4, -0.2) is 9.97 Å². The van der Waals surface area contributed by atoms with Gasteiger partial charge in [-0.3, -0.25) is 9.97 Å². The van der Waals surface area contributed by atoms with Gasteiger partial charge in [0, 0.05) is 32.6 Å². The van der Waals surface area contributed by atoms with Crippen molar-refractivity contribution in [3.8, 4) is 22.4 Å². The van der Waals surface area contributed by atoms with E-state index in [1.54, 1.807) is 35.5 Å². The topological polar surface area (TPSA) is 37.8 Å². The maximum absolute atomic E-state index is 4.60. The standard InChI is InChI=1S/C21H15N3S2/c1-13-14(8-11-25-13)15-6-7-19-21(20(15)17-12-22-9-10-23-17)24-16-4-2-3-5-18(16)26-19/h2-12,24H,1H3. The smallest absolute Gasteiger partial charge is 0.0912 e. The Hall–Kier alpha value is -2.63. The van der Waals surface area contributed by atoms with E-state index in [1.165, 1.54) is 25.8 Å². The van der Waals surface area contributed by atoms with E-state index < -0.39 is 0 Å². The molecule has 0 saturated heterocycles. The van der Waals surface area contributed by atoms with Crippen molar-refractivity contribution in [1.82, 2.24) is 9.97 Å². The predicted octanol–water partition coefficient (Wildman–Crippen LogP) is 6.39. The molecule has 0 spiro atoms. The summed E-state index contributed by atoms with van der Waals surface area (Å²) in [5.41, 5.74) is 6.68. The second-order valence-corrected chi connectivity index (χ2v) is 8.27. The normalized spacial score (nSPS) is 12.2. The van der Waals surface area contributed by atoms with Crippen molar-refractivity contribution < 1.29 is 0 Å². The quantitative estimate of drug-likeness (QED) is 0.389. The number of aromatic nitrogens is 2. The molecule has 0 aliphatic carbocycles. The fourth-order valence-corrected chi connectivity index (χ4v) is 5.00. The number of nitrogens with one attached hydrogen (secondary N) is 1. The van der Waals surface area contributed by atoms with Crippen LogP contribution in [0.1, 0.15) is 4.88 Å². The summed E-state index contributed by atoms with van der Waals surface area (Å²) in [6.45, 7) is 2.16. The highest BCUT2D eigenvalue weighted by molar-refractivity contribution is 7.99. The Morgan fingerprint density at radius 3 is 2.65 bits per heavy atom. The highest BCUT2D eigenvalue weighted by Crippen LogP contribution is 2.50. The predicted molar refractivity (Wildman–Crippen MR) is 109 cm³/mol. The van der Waals surface area contributed by atoms with Gasteiger partial charge in [-0.2, -0.15) is 0 Å². The first-order valence-corrected chi connectivity index (χ1v) is 10.0. The number of nitrogens with zero attached hydrogens (tertiary/aromatic N) is 2. The van der Waals surface area contributed by atoms with Crippen LogP contribution in [0.3, 0.4) is 0 Å². The maximum Gasteiger partial charge on any atom is 0.0912 e. The van der Waals surface area contributed by atoms with Gasteiger partial charge in [0.05, 0.1) is 23.3 Å². The van der Waals surface area contributed by atoms with Crippen LogP contribution in [0.2, 0.25) is 0 Å². The molecule has 5 rings (SSSR count). The van der Waals surface area contributed by atoms with Crippen molar-refractivity contribution in [2.45, 2.75) is 16.7 Å². The summed E-state index contributed by atoms with van der Waals surface area (Å²) in [4.78, 5) is 12.7. The second-order valence-electron chi connectivity index (χ2n) is 6.07. The highest BCUT2D eigenvalue weighted by Gasteiger charge is 2.23. The van der Waals surface area contributed by atoms with Gasteiger partial charge in [-0.1, -0.05) is 30.0 Å². The van der Waals surface area contributed by atoms with Crippen molar-refractivity contribution >= 4 is 34.5 Å². The molecule has 0 unspecified atom stereocenters. The van der Waals surface area contributed by atoms with E-state index in [4.69, 9.17) is 0 Å². The Balaban J connectivity index is 1.78. The largest absolute Gasteiger partial charge is 0.353 e. The van der Waals surface area contributed by atoms with Gasteiger partial charge in [0.15, 0.2) is 0 Å². The van der Waals surface area contributed by atoms with Gasteiger partial charge in [0.1, 0.15) is 0 Å². The Morgan fingerprint density at radius 1 is 0.923 bits per heavy atom. The lowest BCUT2D eigenvalue weighted by Gasteiger charge is -2.25. The van der Waals surface area contributed by atoms with E-state index in [9.17, 15) is 0 Å². The van der Waals surface area contributed by atoms with E-state index in [1.807, 2.05) is 6.20 Å². The number of thiophene rings is 1. The zero-order chi connectivity index (χ0) is 17.5. The minimum Gasteiger partial charge on any atom is -0.353 e. The summed E-state index contributed by atoms with van der Waals surface area (Å²) < 4.78 is 0. The van der Waals surface area contributed by atoms with Crippen LogP contribution in [0, 0.1) is 6.92 Å². The molecule has 0 fully saturated rings. The zero-order valence-electron chi connectivity index (χ0n) is 14.1. The summed E-state index contributed by atoms with van der Waals surface area (Å²) >= 11 is 3.56. The minimum absolute atomic E-state index is 0.887. The average Bonchev–Trinajstić information content (AvgIpc) is 3.12. The van der Waals surface area contributed by atoms with E-state index in [0.717, 1.165) is 22.6 Å². The molecule has 4 aromatic rings. The summed E-state index contributed by atoms with van der Waals surface area (Å²) in [6.07, 6.45) is 5.31. The molecule has 0 amide bonds. The SMILES string of the molecule is Cc1sccc1-c1ccc2c(c1-c1cnccn1)Nc1ccccc1S2. The number of benzene rings is 2. The third-order valence-corrected chi connectivity index (χ3v) is 6.48. The molecule has 1 aliphatic heterocycles. The Labute approximate surface area is 160 Å². The number of hydrogen-bond acceptors (Lipinski definition) is 5. The number of rotatable bonds is 2. The van der Waals surface area contributed by atoms with Crippen molar-refractivity contribution in [2.24, 2.45) is 0 Å². The fourth-order valence-electron chi connectivity index (χ4n) is 3.29. The monoisotopic (exact) mass is 373 g/mol. The number of anilines is 2. The van der Waals surface area contributed by atoms with Gasteiger partial charge in [0.2, 0.25) is 0 Å². The summed E-state index contributed by atoms with van der Waals surface area (Å²) in [6, 6.07) is 15.0. The zero-order valence-corrected chi connectivity index (χ0v) is 15.7. The molecule has 2 aromatic carbocycles. The van der Waals surface area contributed by atoms with Gasteiger partial charge in [-0.25, -0.2) is 0 Å². The summed E-state index contributed by atoms with van der Waals surface area (Å²) in [5.74, 6) is 0. The van der Waals surface area contributed by atoms with Crippen molar-refractivity contribution in [3.63, 3.8) is 0 Å². The minimum atomic E-state index is 0.887.